The van der Waals surface area contributed by atoms with Gasteiger partial charge >= 0.3 is 12.0 Å². The van der Waals surface area contributed by atoms with Gasteiger partial charge in [0.25, 0.3) is 5.91 Å². The van der Waals surface area contributed by atoms with Gasteiger partial charge in [0.1, 0.15) is 0 Å². The van der Waals surface area contributed by atoms with Gasteiger partial charge in [-0.15, -0.1) is 11.8 Å². The first-order valence-corrected chi connectivity index (χ1v) is 8.81. The van der Waals surface area contributed by atoms with Crippen molar-refractivity contribution in [2.24, 2.45) is 0 Å². The summed E-state index contributed by atoms with van der Waals surface area (Å²) in [5, 5.41) is 6.75. The van der Waals surface area contributed by atoms with Gasteiger partial charge in [-0.2, -0.15) is 0 Å². The second-order valence-corrected chi connectivity index (χ2v) is 6.51. The van der Waals surface area contributed by atoms with Gasteiger partial charge < -0.3 is 10.1 Å². The van der Waals surface area contributed by atoms with Gasteiger partial charge in [-0.3, -0.25) is 14.9 Å². The molecule has 1 unspecified atom stereocenters. The highest BCUT2D eigenvalue weighted by Crippen LogP contribution is 2.33. The van der Waals surface area contributed by atoms with Crippen LogP contribution in [-0.2, 0) is 14.3 Å². The lowest BCUT2D eigenvalue weighted by Crippen LogP contribution is -2.43. The van der Waals surface area contributed by atoms with Crippen molar-refractivity contribution in [3.05, 3.63) is 41.4 Å². The van der Waals surface area contributed by atoms with Crippen LogP contribution in [-0.4, -0.2) is 36.8 Å². The lowest BCUT2D eigenvalue weighted by Gasteiger charge is -2.13. The van der Waals surface area contributed by atoms with Crippen LogP contribution in [0.15, 0.2) is 41.3 Å². The van der Waals surface area contributed by atoms with Gasteiger partial charge in [-0.05, 0) is 24.4 Å². The summed E-state index contributed by atoms with van der Waals surface area (Å²) in [5.41, 5.74) is 0. The van der Waals surface area contributed by atoms with Gasteiger partial charge in [-0.25, -0.2) is 4.79 Å². The Morgan fingerprint density at radius 2 is 1.88 bits per heavy atom. The summed E-state index contributed by atoms with van der Waals surface area (Å²) in [6.45, 7) is 1.40. The van der Waals surface area contributed by atoms with Crippen LogP contribution in [0.5, 0.6) is 0 Å². The van der Waals surface area contributed by atoms with Crippen LogP contribution in [0.25, 0.3) is 10.8 Å². The number of carbonyl (C=O) groups is 3. The fraction of sp³-hybridized carbons (Fsp3) is 0.235. The Labute approximate surface area is 154 Å². The Morgan fingerprint density at radius 1 is 1.20 bits per heavy atom. The number of hydrogen-bond donors (Lipinski definition) is 2. The van der Waals surface area contributed by atoms with Crippen LogP contribution in [0.2, 0.25) is 5.02 Å². The summed E-state index contributed by atoms with van der Waals surface area (Å²) >= 11 is 7.52. The fourth-order valence-electron chi connectivity index (χ4n) is 2.08. The van der Waals surface area contributed by atoms with E-state index in [1.165, 1.54) is 25.7 Å². The number of esters is 1. The van der Waals surface area contributed by atoms with Crippen molar-refractivity contribution >= 4 is 52.0 Å². The topological polar surface area (TPSA) is 84.5 Å². The summed E-state index contributed by atoms with van der Waals surface area (Å²) < 4.78 is 5.04. The Hall–Kier alpha value is -2.25. The Bertz CT molecular complexity index is 807. The molecule has 0 bridgehead atoms. The second-order valence-electron chi connectivity index (χ2n) is 5.08. The predicted octanol–water partition coefficient (Wildman–Crippen LogP) is 2.97. The smallest absolute Gasteiger partial charge is 0.321 e. The number of carbonyl (C=O) groups excluding carboxylic acids is 3. The first kappa shape index (κ1) is 19.1. The number of halogens is 1. The molecular formula is C17H17ClN2O4S. The standard InChI is InChI=1S/C17H17ClN2O4S/c1-10(16(22)20-17(23)19-2)24-14(21)9-25-13-8-4-6-11-5-3-7-12(18)15(11)13/h3-8,10H,9H2,1-2H3,(H2,19,20,22,23). The van der Waals surface area contributed by atoms with Crippen molar-refractivity contribution in [1.29, 1.82) is 0 Å². The Morgan fingerprint density at radius 3 is 2.56 bits per heavy atom. The molecule has 2 aromatic rings. The summed E-state index contributed by atoms with van der Waals surface area (Å²) in [5.74, 6) is -1.23. The number of benzene rings is 2. The lowest BCUT2D eigenvalue weighted by molar-refractivity contribution is -0.151. The normalized spacial score (nSPS) is 11.6. The molecule has 0 aromatic heterocycles. The molecule has 25 heavy (non-hydrogen) atoms. The number of nitrogens with one attached hydrogen (secondary N) is 2. The number of hydrogen-bond acceptors (Lipinski definition) is 5. The molecule has 0 saturated carbocycles. The molecule has 0 spiro atoms. The first-order valence-electron chi connectivity index (χ1n) is 7.44. The highest BCUT2D eigenvalue weighted by atomic mass is 35.5. The zero-order valence-corrected chi connectivity index (χ0v) is 15.2. The molecular weight excluding hydrogens is 364 g/mol. The molecule has 0 aliphatic heterocycles. The molecule has 0 fully saturated rings. The minimum atomic E-state index is -1.07. The number of urea groups is 1. The van der Waals surface area contributed by atoms with Crippen molar-refractivity contribution in [3.63, 3.8) is 0 Å². The molecule has 0 saturated heterocycles. The predicted molar refractivity (Wildman–Crippen MR) is 97.8 cm³/mol. The third-order valence-electron chi connectivity index (χ3n) is 3.30. The van der Waals surface area contributed by atoms with Crippen molar-refractivity contribution < 1.29 is 19.1 Å². The van der Waals surface area contributed by atoms with Gasteiger partial charge in [0.15, 0.2) is 6.10 Å². The maximum absolute atomic E-state index is 12.0. The largest absolute Gasteiger partial charge is 0.452 e. The summed E-state index contributed by atoms with van der Waals surface area (Å²) in [7, 11) is 1.38. The summed E-state index contributed by atoms with van der Waals surface area (Å²) in [6, 6.07) is 10.6. The monoisotopic (exact) mass is 380 g/mol. The molecule has 2 aromatic carbocycles. The van der Waals surface area contributed by atoms with Crippen molar-refractivity contribution in [1.82, 2.24) is 10.6 Å². The van der Waals surface area contributed by atoms with Crippen molar-refractivity contribution in [2.75, 3.05) is 12.8 Å². The van der Waals surface area contributed by atoms with E-state index in [9.17, 15) is 14.4 Å². The summed E-state index contributed by atoms with van der Waals surface area (Å²) in [6.07, 6.45) is -1.07. The van der Waals surface area contributed by atoms with E-state index in [2.05, 4.69) is 5.32 Å². The maximum Gasteiger partial charge on any atom is 0.321 e. The zero-order chi connectivity index (χ0) is 18.4. The number of ether oxygens (including phenoxy) is 1. The van der Waals surface area contributed by atoms with Crippen LogP contribution in [0, 0.1) is 0 Å². The SMILES string of the molecule is CNC(=O)NC(=O)C(C)OC(=O)CSc1cccc2cccc(Cl)c12. The highest BCUT2D eigenvalue weighted by Gasteiger charge is 2.19. The molecule has 132 valence electrons. The molecule has 2 rings (SSSR count). The van der Waals surface area contributed by atoms with Crippen molar-refractivity contribution in [2.45, 2.75) is 17.9 Å². The van der Waals surface area contributed by atoms with Crippen LogP contribution in [0.4, 0.5) is 4.79 Å². The second kappa shape index (κ2) is 8.73. The van der Waals surface area contributed by atoms with Crippen LogP contribution < -0.4 is 10.6 Å². The van der Waals surface area contributed by atoms with E-state index in [-0.39, 0.29) is 5.75 Å². The van der Waals surface area contributed by atoms with E-state index in [4.69, 9.17) is 16.3 Å². The third-order valence-corrected chi connectivity index (χ3v) is 4.65. The molecule has 0 aliphatic carbocycles. The van der Waals surface area contributed by atoms with E-state index in [1.807, 2.05) is 35.6 Å². The van der Waals surface area contributed by atoms with Gasteiger partial charge in [-0.1, -0.05) is 35.9 Å². The zero-order valence-electron chi connectivity index (χ0n) is 13.7. The molecule has 6 nitrogen and oxygen atoms in total. The fourth-order valence-corrected chi connectivity index (χ4v) is 3.31. The van der Waals surface area contributed by atoms with Gasteiger partial charge in [0.05, 0.1) is 5.75 Å². The van der Waals surface area contributed by atoms with Gasteiger partial charge in [0, 0.05) is 22.4 Å². The molecule has 8 heteroatoms. The number of thioether (sulfide) groups is 1. The number of imide groups is 1. The van der Waals surface area contributed by atoms with E-state index >= 15 is 0 Å². The molecule has 3 amide bonds. The highest BCUT2D eigenvalue weighted by molar-refractivity contribution is 8.00. The van der Waals surface area contributed by atoms with Gasteiger partial charge in [0.2, 0.25) is 0 Å². The Balaban J connectivity index is 1.97. The van der Waals surface area contributed by atoms with E-state index < -0.39 is 24.0 Å². The number of fused-ring (bicyclic) bond motifs is 1. The van der Waals surface area contributed by atoms with E-state index in [0.717, 1.165) is 15.7 Å². The average Bonchev–Trinajstić information content (AvgIpc) is 2.59. The minimum absolute atomic E-state index is 0.0158. The maximum atomic E-state index is 12.0. The Kier molecular flexibility index (Phi) is 6.66. The van der Waals surface area contributed by atoms with Crippen LogP contribution in [0.1, 0.15) is 6.92 Å². The van der Waals surface area contributed by atoms with Crippen LogP contribution in [0.3, 0.4) is 0 Å². The first-order chi connectivity index (χ1) is 11.9. The molecule has 1 atom stereocenters. The van der Waals surface area contributed by atoms with E-state index in [0.29, 0.717) is 5.02 Å². The minimum Gasteiger partial charge on any atom is -0.452 e. The van der Waals surface area contributed by atoms with E-state index in [1.54, 1.807) is 6.07 Å². The number of rotatable bonds is 5. The summed E-state index contributed by atoms with van der Waals surface area (Å²) in [4.78, 5) is 35.5. The van der Waals surface area contributed by atoms with Crippen LogP contribution >= 0.6 is 23.4 Å². The number of amides is 3. The molecule has 2 N–H and O–H groups in total. The molecule has 0 heterocycles. The molecule has 0 radical (unpaired) electrons. The molecule has 0 aliphatic rings. The van der Waals surface area contributed by atoms with Crippen molar-refractivity contribution in [3.8, 4) is 0 Å². The third kappa shape index (κ3) is 5.11. The lowest BCUT2D eigenvalue weighted by atomic mass is 10.1. The quantitative estimate of drug-likeness (QED) is 0.615. The average molecular weight is 381 g/mol.